The molecule has 1 rings (SSSR count). The highest BCUT2D eigenvalue weighted by molar-refractivity contribution is 5.67. The number of carbonyl (C=O) groups excluding carboxylic acids is 1. The molecule has 17 heavy (non-hydrogen) atoms. The molecule has 2 N–H and O–H groups in total. The molecule has 6 heteroatoms. The summed E-state index contributed by atoms with van der Waals surface area (Å²) in [6, 6.07) is 0. The second-order valence-electron chi connectivity index (χ2n) is 4.56. The molecule has 1 aromatic heterocycles. The Morgan fingerprint density at radius 1 is 1.53 bits per heavy atom. The topological polar surface area (TPSA) is 76.2 Å². The van der Waals surface area contributed by atoms with Crippen molar-refractivity contribution in [2.75, 3.05) is 13.2 Å². The van der Waals surface area contributed by atoms with Gasteiger partial charge in [-0.25, -0.2) is 4.79 Å². The third-order valence-corrected chi connectivity index (χ3v) is 1.73. The molecule has 0 saturated carbocycles. The maximum atomic E-state index is 11.3. The first-order valence-electron chi connectivity index (χ1n) is 5.56. The summed E-state index contributed by atoms with van der Waals surface area (Å²) in [7, 11) is 0. The SMILES string of the molecule is CC(C)(C)OC(=O)NCCCOc1cn[nH]c1. The van der Waals surface area contributed by atoms with Gasteiger partial charge in [0, 0.05) is 6.54 Å². The Morgan fingerprint density at radius 2 is 2.29 bits per heavy atom. The number of aromatic nitrogens is 2. The second kappa shape index (κ2) is 6.12. The van der Waals surface area contributed by atoms with E-state index in [-0.39, 0.29) is 0 Å². The smallest absolute Gasteiger partial charge is 0.407 e. The van der Waals surface area contributed by atoms with Crippen molar-refractivity contribution >= 4 is 6.09 Å². The van der Waals surface area contributed by atoms with Crippen LogP contribution in [0.4, 0.5) is 4.79 Å². The van der Waals surface area contributed by atoms with Gasteiger partial charge in [0.25, 0.3) is 0 Å². The lowest BCUT2D eigenvalue weighted by Crippen LogP contribution is -2.33. The van der Waals surface area contributed by atoms with Crippen molar-refractivity contribution in [3.63, 3.8) is 0 Å². The van der Waals surface area contributed by atoms with Crippen LogP contribution in [0.5, 0.6) is 5.75 Å². The minimum atomic E-state index is -0.461. The molecule has 0 bridgehead atoms. The molecule has 0 unspecified atom stereocenters. The van der Waals surface area contributed by atoms with E-state index < -0.39 is 11.7 Å². The molecule has 0 radical (unpaired) electrons. The Morgan fingerprint density at radius 3 is 2.88 bits per heavy atom. The molecule has 0 aromatic carbocycles. The molecule has 0 aliphatic heterocycles. The number of hydrogen-bond donors (Lipinski definition) is 2. The standard InChI is InChI=1S/C11H19N3O3/c1-11(2,3)17-10(15)12-5-4-6-16-9-7-13-14-8-9/h7-8H,4-6H2,1-3H3,(H,12,15)(H,13,14). The summed E-state index contributed by atoms with van der Waals surface area (Å²) in [5, 5.41) is 9.05. The van der Waals surface area contributed by atoms with Gasteiger partial charge in [0.15, 0.2) is 5.75 Å². The zero-order chi connectivity index (χ0) is 12.7. The number of nitrogens with one attached hydrogen (secondary N) is 2. The fourth-order valence-electron chi connectivity index (χ4n) is 1.08. The van der Waals surface area contributed by atoms with Crippen molar-refractivity contribution in [1.82, 2.24) is 15.5 Å². The number of alkyl carbamates (subject to hydrolysis) is 1. The normalized spacial score (nSPS) is 11.0. The molecule has 0 saturated heterocycles. The zero-order valence-electron chi connectivity index (χ0n) is 10.4. The average Bonchev–Trinajstić information content (AvgIpc) is 2.67. The minimum Gasteiger partial charge on any atom is -0.490 e. The van der Waals surface area contributed by atoms with Crippen molar-refractivity contribution in [2.24, 2.45) is 0 Å². The van der Waals surface area contributed by atoms with Gasteiger partial charge in [-0.2, -0.15) is 5.10 Å². The van der Waals surface area contributed by atoms with Crippen LogP contribution in [-0.2, 0) is 4.74 Å². The van der Waals surface area contributed by atoms with Crippen LogP contribution in [0.2, 0.25) is 0 Å². The van der Waals surface area contributed by atoms with E-state index in [1.165, 1.54) is 0 Å². The lowest BCUT2D eigenvalue weighted by molar-refractivity contribution is 0.0525. The predicted molar refractivity (Wildman–Crippen MR) is 62.9 cm³/mol. The van der Waals surface area contributed by atoms with E-state index in [1.807, 2.05) is 20.8 Å². The third-order valence-electron chi connectivity index (χ3n) is 1.73. The van der Waals surface area contributed by atoms with Crippen molar-refractivity contribution in [1.29, 1.82) is 0 Å². The van der Waals surface area contributed by atoms with Crippen LogP contribution >= 0.6 is 0 Å². The van der Waals surface area contributed by atoms with Gasteiger partial charge in [0.2, 0.25) is 0 Å². The number of hydrogen-bond acceptors (Lipinski definition) is 4. The Labute approximate surface area is 101 Å². The van der Waals surface area contributed by atoms with E-state index in [1.54, 1.807) is 12.4 Å². The summed E-state index contributed by atoms with van der Waals surface area (Å²) in [5.74, 6) is 0.697. The minimum absolute atomic E-state index is 0.402. The molecule has 96 valence electrons. The van der Waals surface area contributed by atoms with Crippen LogP contribution < -0.4 is 10.1 Å². The fourth-order valence-corrected chi connectivity index (χ4v) is 1.08. The Kier molecular flexibility index (Phi) is 4.81. The molecule has 0 atom stereocenters. The first-order chi connectivity index (χ1) is 7.97. The quantitative estimate of drug-likeness (QED) is 0.769. The lowest BCUT2D eigenvalue weighted by Gasteiger charge is -2.19. The van der Waals surface area contributed by atoms with E-state index in [2.05, 4.69) is 15.5 Å². The fraction of sp³-hybridized carbons (Fsp3) is 0.636. The Balaban J connectivity index is 2.02. The van der Waals surface area contributed by atoms with E-state index in [4.69, 9.17) is 9.47 Å². The second-order valence-corrected chi connectivity index (χ2v) is 4.56. The molecular formula is C11H19N3O3. The van der Waals surface area contributed by atoms with Crippen molar-refractivity contribution in [3.05, 3.63) is 12.4 Å². The van der Waals surface area contributed by atoms with E-state index >= 15 is 0 Å². The van der Waals surface area contributed by atoms with Crippen LogP contribution in [0.3, 0.4) is 0 Å². The summed E-state index contributed by atoms with van der Waals surface area (Å²) in [4.78, 5) is 11.3. The molecule has 0 aliphatic carbocycles. The summed E-state index contributed by atoms with van der Waals surface area (Å²) in [5.41, 5.74) is -0.461. The lowest BCUT2D eigenvalue weighted by atomic mass is 10.2. The first-order valence-corrected chi connectivity index (χ1v) is 5.56. The van der Waals surface area contributed by atoms with Gasteiger partial charge in [-0.15, -0.1) is 0 Å². The van der Waals surface area contributed by atoms with Crippen LogP contribution in [0, 0.1) is 0 Å². The van der Waals surface area contributed by atoms with Crippen LogP contribution in [0.25, 0.3) is 0 Å². The number of rotatable bonds is 5. The summed E-state index contributed by atoms with van der Waals surface area (Å²) >= 11 is 0. The summed E-state index contributed by atoms with van der Waals surface area (Å²) in [6.45, 7) is 6.53. The largest absolute Gasteiger partial charge is 0.490 e. The molecule has 1 aromatic rings. The van der Waals surface area contributed by atoms with E-state index in [9.17, 15) is 4.79 Å². The van der Waals surface area contributed by atoms with Crippen molar-refractivity contribution in [2.45, 2.75) is 32.8 Å². The van der Waals surface area contributed by atoms with Crippen LogP contribution in [0.15, 0.2) is 12.4 Å². The van der Waals surface area contributed by atoms with Gasteiger partial charge in [0.05, 0.1) is 19.0 Å². The summed E-state index contributed by atoms with van der Waals surface area (Å²) < 4.78 is 10.4. The van der Waals surface area contributed by atoms with Crippen LogP contribution in [-0.4, -0.2) is 35.0 Å². The van der Waals surface area contributed by atoms with E-state index in [0.717, 1.165) is 0 Å². The van der Waals surface area contributed by atoms with Gasteiger partial charge < -0.3 is 14.8 Å². The van der Waals surface area contributed by atoms with Gasteiger partial charge in [-0.3, -0.25) is 5.10 Å². The van der Waals surface area contributed by atoms with Gasteiger partial charge in [-0.05, 0) is 27.2 Å². The highest BCUT2D eigenvalue weighted by Gasteiger charge is 2.15. The monoisotopic (exact) mass is 241 g/mol. The average molecular weight is 241 g/mol. The Hall–Kier alpha value is -1.72. The molecule has 1 heterocycles. The summed E-state index contributed by atoms with van der Waals surface area (Å²) in [6.07, 6.45) is 3.58. The zero-order valence-corrected chi connectivity index (χ0v) is 10.4. The number of H-pyrrole nitrogens is 1. The molecule has 0 fully saturated rings. The highest BCUT2D eigenvalue weighted by atomic mass is 16.6. The van der Waals surface area contributed by atoms with Crippen LogP contribution in [0.1, 0.15) is 27.2 Å². The molecule has 0 spiro atoms. The first kappa shape index (κ1) is 13.3. The van der Waals surface area contributed by atoms with Gasteiger partial charge >= 0.3 is 6.09 Å². The van der Waals surface area contributed by atoms with Gasteiger partial charge in [-0.1, -0.05) is 0 Å². The molecular weight excluding hydrogens is 222 g/mol. The Bertz CT molecular complexity index is 330. The number of carbonyl (C=O) groups is 1. The number of aromatic amines is 1. The van der Waals surface area contributed by atoms with E-state index in [0.29, 0.717) is 25.3 Å². The maximum Gasteiger partial charge on any atom is 0.407 e. The number of nitrogens with zero attached hydrogens (tertiary/aromatic N) is 1. The predicted octanol–water partition coefficient (Wildman–Crippen LogP) is 1.70. The molecule has 6 nitrogen and oxygen atoms in total. The van der Waals surface area contributed by atoms with Gasteiger partial charge in [0.1, 0.15) is 5.60 Å². The number of ether oxygens (including phenoxy) is 2. The highest BCUT2D eigenvalue weighted by Crippen LogP contribution is 2.06. The van der Waals surface area contributed by atoms with Crippen molar-refractivity contribution in [3.8, 4) is 5.75 Å². The third kappa shape index (κ3) is 6.44. The maximum absolute atomic E-state index is 11.3. The molecule has 1 amide bonds. The van der Waals surface area contributed by atoms with Crippen molar-refractivity contribution < 1.29 is 14.3 Å². The molecule has 0 aliphatic rings. The number of amides is 1.